The lowest BCUT2D eigenvalue weighted by Gasteiger charge is -2.25. The molecule has 0 aliphatic rings. The molecular weight excluding hydrogens is 280 g/mol. The van der Waals surface area contributed by atoms with Gasteiger partial charge in [0, 0.05) is 25.3 Å². The van der Waals surface area contributed by atoms with Crippen LogP contribution in [0.2, 0.25) is 0 Å². The van der Waals surface area contributed by atoms with Crippen molar-refractivity contribution in [3.8, 4) is 0 Å². The van der Waals surface area contributed by atoms with Crippen molar-refractivity contribution in [1.82, 2.24) is 20.4 Å². The fourth-order valence-corrected chi connectivity index (χ4v) is 2.29. The minimum absolute atomic E-state index is 0.236. The minimum Gasteiger partial charge on any atom is -0.388 e. The van der Waals surface area contributed by atoms with Crippen molar-refractivity contribution < 1.29 is 9.90 Å². The summed E-state index contributed by atoms with van der Waals surface area (Å²) in [6.45, 7) is 11.5. The van der Waals surface area contributed by atoms with Crippen LogP contribution in [0.3, 0.4) is 0 Å². The number of carbonyl (C=O) groups is 1. The summed E-state index contributed by atoms with van der Waals surface area (Å²) in [4.78, 5) is 11.8. The van der Waals surface area contributed by atoms with Gasteiger partial charge in [-0.15, -0.1) is 0 Å². The first-order chi connectivity index (χ1) is 10.3. The highest BCUT2D eigenvalue weighted by molar-refractivity contribution is 5.73. The number of aromatic nitrogens is 2. The van der Waals surface area contributed by atoms with E-state index < -0.39 is 5.60 Å². The van der Waals surface area contributed by atoms with E-state index in [1.165, 1.54) is 0 Å². The maximum atomic E-state index is 11.8. The number of hydrogen-bond donors (Lipinski definition) is 3. The molecule has 6 nitrogen and oxygen atoms in total. The summed E-state index contributed by atoms with van der Waals surface area (Å²) in [5.41, 5.74) is 1.32. The molecule has 0 saturated heterocycles. The van der Waals surface area contributed by atoms with E-state index >= 15 is 0 Å². The Kier molecular flexibility index (Phi) is 6.87. The molecule has 0 bridgehead atoms. The van der Waals surface area contributed by atoms with Crippen LogP contribution in [-0.2, 0) is 6.54 Å². The molecule has 0 aromatic carbocycles. The summed E-state index contributed by atoms with van der Waals surface area (Å²) in [6, 6.07) is 1.81. The van der Waals surface area contributed by atoms with E-state index in [1.54, 1.807) is 0 Å². The highest BCUT2D eigenvalue weighted by Gasteiger charge is 2.22. The number of urea groups is 1. The summed E-state index contributed by atoms with van der Waals surface area (Å²) in [5, 5.41) is 20.1. The molecule has 1 atom stereocenters. The molecule has 1 aromatic rings. The molecule has 0 aliphatic carbocycles. The van der Waals surface area contributed by atoms with Crippen molar-refractivity contribution in [3.05, 3.63) is 17.5 Å². The predicted octanol–water partition coefficient (Wildman–Crippen LogP) is 1.99. The number of hydrogen-bond acceptors (Lipinski definition) is 3. The van der Waals surface area contributed by atoms with Crippen molar-refractivity contribution in [1.29, 1.82) is 0 Å². The molecule has 3 N–H and O–H groups in total. The van der Waals surface area contributed by atoms with Crippen LogP contribution in [-0.4, -0.2) is 39.6 Å². The van der Waals surface area contributed by atoms with Gasteiger partial charge in [-0.2, -0.15) is 5.10 Å². The van der Waals surface area contributed by atoms with Crippen LogP contribution in [0.25, 0.3) is 0 Å². The zero-order chi connectivity index (χ0) is 16.8. The summed E-state index contributed by atoms with van der Waals surface area (Å²) in [6.07, 6.45) is 1.25. The number of amides is 2. The van der Waals surface area contributed by atoms with Crippen LogP contribution in [0, 0.1) is 19.8 Å². The topological polar surface area (TPSA) is 79.2 Å². The average molecular weight is 310 g/mol. The SMILES string of the molecule is CCC(O)(CC)CNC(=O)NCC(C)Cn1nc(C)cc1C. The second-order valence-electron chi connectivity index (χ2n) is 6.21. The zero-order valence-corrected chi connectivity index (χ0v) is 14.4. The van der Waals surface area contributed by atoms with Gasteiger partial charge in [0.15, 0.2) is 0 Å². The smallest absolute Gasteiger partial charge is 0.314 e. The standard InChI is InChI=1S/C16H30N4O2/c1-6-16(22,7-2)11-18-15(21)17-9-12(3)10-20-14(5)8-13(4)19-20/h8,12,22H,6-7,9-11H2,1-5H3,(H2,17,18,21). The summed E-state index contributed by atoms with van der Waals surface area (Å²) >= 11 is 0. The molecule has 1 heterocycles. The van der Waals surface area contributed by atoms with Gasteiger partial charge < -0.3 is 15.7 Å². The third-order valence-corrected chi connectivity index (χ3v) is 4.09. The fraction of sp³-hybridized carbons (Fsp3) is 0.750. The highest BCUT2D eigenvalue weighted by Crippen LogP contribution is 2.12. The van der Waals surface area contributed by atoms with E-state index in [0.29, 0.717) is 19.4 Å². The van der Waals surface area contributed by atoms with Crippen LogP contribution in [0.5, 0.6) is 0 Å². The number of aliphatic hydroxyl groups is 1. The van der Waals surface area contributed by atoms with Gasteiger partial charge in [-0.1, -0.05) is 20.8 Å². The van der Waals surface area contributed by atoms with E-state index in [9.17, 15) is 9.90 Å². The quantitative estimate of drug-likeness (QED) is 0.687. The minimum atomic E-state index is -0.813. The van der Waals surface area contributed by atoms with Crippen LogP contribution in [0.1, 0.15) is 45.0 Å². The van der Waals surface area contributed by atoms with Gasteiger partial charge in [-0.05, 0) is 38.7 Å². The Morgan fingerprint density at radius 1 is 1.36 bits per heavy atom. The van der Waals surface area contributed by atoms with Gasteiger partial charge >= 0.3 is 6.03 Å². The maximum absolute atomic E-state index is 11.8. The van der Waals surface area contributed by atoms with Gasteiger partial charge in [-0.3, -0.25) is 4.68 Å². The number of nitrogens with one attached hydrogen (secondary N) is 2. The lowest BCUT2D eigenvalue weighted by atomic mass is 9.98. The molecule has 2 amide bonds. The Hall–Kier alpha value is -1.56. The summed E-state index contributed by atoms with van der Waals surface area (Å²) in [7, 11) is 0. The van der Waals surface area contributed by atoms with Gasteiger partial charge in [0.05, 0.1) is 11.3 Å². The Morgan fingerprint density at radius 2 is 2.00 bits per heavy atom. The first-order valence-electron chi connectivity index (χ1n) is 8.04. The molecular formula is C16H30N4O2. The lowest BCUT2D eigenvalue weighted by Crippen LogP contribution is -2.46. The largest absolute Gasteiger partial charge is 0.388 e. The lowest BCUT2D eigenvalue weighted by molar-refractivity contribution is 0.0349. The van der Waals surface area contributed by atoms with Gasteiger partial charge in [0.1, 0.15) is 0 Å². The number of rotatable bonds is 8. The van der Waals surface area contributed by atoms with E-state index in [2.05, 4.69) is 22.7 Å². The molecule has 1 rings (SSSR count). The van der Waals surface area contributed by atoms with Crippen molar-refractivity contribution in [2.45, 2.75) is 59.6 Å². The average Bonchev–Trinajstić information content (AvgIpc) is 2.80. The molecule has 1 aromatic heterocycles. The first kappa shape index (κ1) is 18.5. The van der Waals surface area contributed by atoms with Crippen LogP contribution in [0.4, 0.5) is 4.79 Å². The number of aryl methyl sites for hydroxylation is 2. The normalized spacial score (nSPS) is 13.0. The third kappa shape index (κ3) is 5.67. The predicted molar refractivity (Wildman–Crippen MR) is 87.8 cm³/mol. The Bertz CT molecular complexity index is 480. The number of carbonyl (C=O) groups excluding carboxylic acids is 1. The van der Waals surface area contributed by atoms with Gasteiger partial charge in [-0.25, -0.2) is 4.79 Å². The second kappa shape index (κ2) is 8.17. The summed E-state index contributed by atoms with van der Waals surface area (Å²) < 4.78 is 1.96. The van der Waals surface area contributed by atoms with Crippen molar-refractivity contribution in [2.24, 2.45) is 5.92 Å². The van der Waals surface area contributed by atoms with E-state index in [1.807, 2.05) is 38.4 Å². The molecule has 1 unspecified atom stereocenters. The van der Waals surface area contributed by atoms with Crippen molar-refractivity contribution >= 4 is 6.03 Å². The molecule has 0 fully saturated rings. The summed E-state index contributed by atoms with van der Waals surface area (Å²) in [5.74, 6) is 0.278. The molecule has 0 saturated carbocycles. The molecule has 6 heteroatoms. The van der Waals surface area contributed by atoms with E-state index in [0.717, 1.165) is 17.9 Å². The van der Waals surface area contributed by atoms with E-state index in [-0.39, 0.29) is 18.5 Å². The second-order valence-corrected chi connectivity index (χ2v) is 6.21. The van der Waals surface area contributed by atoms with E-state index in [4.69, 9.17) is 0 Å². The van der Waals surface area contributed by atoms with Crippen LogP contribution < -0.4 is 10.6 Å². The van der Waals surface area contributed by atoms with Gasteiger partial charge in [0.25, 0.3) is 0 Å². The Balaban J connectivity index is 2.33. The first-order valence-corrected chi connectivity index (χ1v) is 8.04. The van der Waals surface area contributed by atoms with Gasteiger partial charge in [0.2, 0.25) is 0 Å². The molecule has 0 radical (unpaired) electrons. The van der Waals surface area contributed by atoms with Crippen molar-refractivity contribution in [2.75, 3.05) is 13.1 Å². The fourth-order valence-electron chi connectivity index (χ4n) is 2.29. The van der Waals surface area contributed by atoms with Crippen LogP contribution >= 0.6 is 0 Å². The molecule has 22 heavy (non-hydrogen) atoms. The molecule has 126 valence electrons. The van der Waals surface area contributed by atoms with Crippen molar-refractivity contribution in [3.63, 3.8) is 0 Å². The zero-order valence-electron chi connectivity index (χ0n) is 14.4. The monoisotopic (exact) mass is 310 g/mol. The highest BCUT2D eigenvalue weighted by atomic mass is 16.3. The maximum Gasteiger partial charge on any atom is 0.314 e. The molecule has 0 spiro atoms. The van der Waals surface area contributed by atoms with Crippen LogP contribution in [0.15, 0.2) is 6.07 Å². The Labute approximate surface area is 133 Å². The Morgan fingerprint density at radius 3 is 2.50 bits per heavy atom. The molecule has 0 aliphatic heterocycles. The third-order valence-electron chi connectivity index (χ3n) is 4.09. The number of nitrogens with zero attached hydrogens (tertiary/aromatic N) is 2.